The second-order valence-corrected chi connectivity index (χ2v) is 10.1. The van der Waals surface area contributed by atoms with Gasteiger partial charge in [-0.2, -0.15) is 4.31 Å². The minimum absolute atomic E-state index is 0.134. The topological polar surface area (TPSA) is 37.4 Å². The van der Waals surface area contributed by atoms with E-state index in [-0.39, 0.29) is 16.4 Å². The lowest BCUT2D eigenvalue weighted by atomic mass is 9.85. The molecule has 1 saturated carbocycles. The lowest BCUT2D eigenvalue weighted by Gasteiger charge is -2.36. The zero-order chi connectivity index (χ0) is 14.6. The Balaban J connectivity index is 2.90. The molecule has 2 unspecified atom stereocenters. The molecule has 0 bridgehead atoms. The van der Waals surface area contributed by atoms with Gasteiger partial charge in [-0.05, 0) is 43.9 Å². The second-order valence-electron chi connectivity index (χ2n) is 8.22. The van der Waals surface area contributed by atoms with E-state index in [2.05, 4.69) is 27.7 Å². The molecule has 0 spiro atoms. The van der Waals surface area contributed by atoms with Gasteiger partial charge in [0, 0.05) is 12.1 Å². The molecule has 0 aliphatic heterocycles. The highest BCUT2D eigenvalue weighted by Gasteiger charge is 2.57. The molecule has 0 aromatic heterocycles. The molecule has 2 atom stereocenters. The van der Waals surface area contributed by atoms with E-state index in [1.807, 2.05) is 20.8 Å². The predicted molar refractivity (Wildman–Crippen MR) is 77.0 cm³/mol. The summed E-state index contributed by atoms with van der Waals surface area (Å²) in [6.07, 6.45) is 2.44. The van der Waals surface area contributed by atoms with E-state index in [4.69, 9.17) is 0 Å². The summed E-state index contributed by atoms with van der Waals surface area (Å²) >= 11 is 0. The highest BCUT2D eigenvalue weighted by molar-refractivity contribution is 7.88. The van der Waals surface area contributed by atoms with Gasteiger partial charge in [0.1, 0.15) is 0 Å². The molecule has 1 aliphatic rings. The summed E-state index contributed by atoms with van der Waals surface area (Å²) < 4.78 is 25.6. The van der Waals surface area contributed by atoms with Crippen LogP contribution in [0.15, 0.2) is 0 Å². The van der Waals surface area contributed by atoms with Crippen LogP contribution in [-0.4, -0.2) is 31.1 Å². The van der Waals surface area contributed by atoms with Gasteiger partial charge in [0.15, 0.2) is 0 Å². The number of hydrogen-bond donors (Lipinski definition) is 0. The molecule has 1 rings (SSSR count). The molecular formula is C14H29NO2S. The Morgan fingerprint density at radius 1 is 1.17 bits per heavy atom. The van der Waals surface area contributed by atoms with Crippen molar-refractivity contribution in [1.82, 2.24) is 4.31 Å². The summed E-state index contributed by atoms with van der Waals surface area (Å²) in [6, 6.07) is 0. The Bertz CT molecular complexity index is 414. The lowest BCUT2D eigenvalue weighted by Crippen LogP contribution is -2.48. The fourth-order valence-electron chi connectivity index (χ4n) is 3.11. The maximum absolute atomic E-state index is 12.0. The van der Waals surface area contributed by atoms with Crippen molar-refractivity contribution in [2.24, 2.45) is 16.7 Å². The molecule has 0 radical (unpaired) electrons. The summed E-state index contributed by atoms with van der Waals surface area (Å²) in [7, 11) is -3.15. The van der Waals surface area contributed by atoms with E-state index >= 15 is 0 Å². The first kappa shape index (κ1) is 16.0. The van der Waals surface area contributed by atoms with Crippen LogP contribution in [0.3, 0.4) is 0 Å². The minimum Gasteiger partial charge on any atom is -0.212 e. The summed E-state index contributed by atoms with van der Waals surface area (Å²) in [5.41, 5.74) is 0.0477. The maximum Gasteiger partial charge on any atom is 0.211 e. The Labute approximate surface area is 113 Å². The van der Waals surface area contributed by atoms with Crippen molar-refractivity contribution in [1.29, 1.82) is 0 Å². The predicted octanol–water partition coefficient (Wildman–Crippen LogP) is 3.12. The molecule has 1 fully saturated rings. The molecular weight excluding hydrogens is 246 g/mol. The van der Waals surface area contributed by atoms with Crippen molar-refractivity contribution in [3.05, 3.63) is 0 Å². The Kier molecular flexibility index (Phi) is 3.73. The van der Waals surface area contributed by atoms with Crippen LogP contribution in [0.25, 0.3) is 0 Å². The van der Waals surface area contributed by atoms with E-state index in [0.29, 0.717) is 12.5 Å². The van der Waals surface area contributed by atoms with Crippen LogP contribution in [0.1, 0.15) is 54.9 Å². The average molecular weight is 275 g/mol. The molecule has 0 aromatic carbocycles. The van der Waals surface area contributed by atoms with E-state index in [9.17, 15) is 8.42 Å². The number of hydrogen-bond acceptors (Lipinski definition) is 2. The van der Waals surface area contributed by atoms with E-state index in [0.717, 1.165) is 6.42 Å². The van der Waals surface area contributed by atoms with Crippen molar-refractivity contribution >= 4 is 10.0 Å². The van der Waals surface area contributed by atoms with E-state index < -0.39 is 10.0 Å². The summed E-state index contributed by atoms with van der Waals surface area (Å²) in [6.45, 7) is 15.5. The SMILES string of the molecule is CC(C)(C)C1CC1(C)CN(C(C)(C)C)S(C)(=O)=O. The first-order valence-corrected chi connectivity index (χ1v) is 8.51. The summed E-state index contributed by atoms with van der Waals surface area (Å²) in [5.74, 6) is 0.608. The lowest BCUT2D eigenvalue weighted by molar-refractivity contribution is 0.188. The smallest absolute Gasteiger partial charge is 0.211 e. The highest BCUT2D eigenvalue weighted by Crippen LogP contribution is 2.61. The standard InChI is InChI=1S/C14H29NO2S/c1-12(2,3)11-9-14(11,7)10-15(13(4,5)6)18(8,16)17/h11H,9-10H2,1-8H3. The van der Waals surface area contributed by atoms with Gasteiger partial charge in [-0.1, -0.05) is 27.7 Å². The second kappa shape index (κ2) is 4.20. The van der Waals surface area contributed by atoms with Crippen molar-refractivity contribution in [2.75, 3.05) is 12.8 Å². The molecule has 0 N–H and O–H groups in total. The van der Waals surface area contributed by atoms with Crippen LogP contribution >= 0.6 is 0 Å². The molecule has 108 valence electrons. The zero-order valence-corrected chi connectivity index (χ0v) is 14.0. The van der Waals surface area contributed by atoms with Crippen LogP contribution in [0.2, 0.25) is 0 Å². The molecule has 0 aromatic rings. The molecule has 1 aliphatic carbocycles. The van der Waals surface area contributed by atoms with Crippen molar-refractivity contribution in [3.8, 4) is 0 Å². The van der Waals surface area contributed by atoms with Crippen LogP contribution < -0.4 is 0 Å². The molecule has 18 heavy (non-hydrogen) atoms. The zero-order valence-electron chi connectivity index (χ0n) is 13.2. The van der Waals surface area contributed by atoms with Gasteiger partial charge < -0.3 is 0 Å². The summed E-state index contributed by atoms with van der Waals surface area (Å²) in [5, 5.41) is 0. The van der Waals surface area contributed by atoms with Crippen LogP contribution in [0.5, 0.6) is 0 Å². The van der Waals surface area contributed by atoms with Crippen molar-refractivity contribution in [2.45, 2.75) is 60.4 Å². The largest absolute Gasteiger partial charge is 0.212 e. The third-order valence-electron chi connectivity index (χ3n) is 4.05. The third-order valence-corrected chi connectivity index (χ3v) is 5.53. The first-order chi connectivity index (χ1) is 7.68. The first-order valence-electron chi connectivity index (χ1n) is 6.66. The van der Waals surface area contributed by atoms with E-state index in [1.54, 1.807) is 4.31 Å². The fraction of sp³-hybridized carbons (Fsp3) is 1.00. The van der Waals surface area contributed by atoms with Crippen LogP contribution in [0, 0.1) is 16.7 Å². The van der Waals surface area contributed by atoms with Gasteiger partial charge in [-0.15, -0.1) is 0 Å². The van der Waals surface area contributed by atoms with Crippen LogP contribution in [0.4, 0.5) is 0 Å². The van der Waals surface area contributed by atoms with Crippen LogP contribution in [-0.2, 0) is 10.0 Å². The molecule has 0 amide bonds. The highest BCUT2D eigenvalue weighted by atomic mass is 32.2. The number of rotatable bonds is 3. The minimum atomic E-state index is -3.15. The van der Waals surface area contributed by atoms with Gasteiger partial charge in [0.25, 0.3) is 0 Å². The monoisotopic (exact) mass is 275 g/mol. The molecule has 0 heterocycles. The summed E-state index contributed by atoms with van der Waals surface area (Å²) in [4.78, 5) is 0. The number of sulfonamides is 1. The molecule has 3 nitrogen and oxygen atoms in total. The Morgan fingerprint density at radius 2 is 1.61 bits per heavy atom. The average Bonchev–Trinajstić information content (AvgIpc) is 2.70. The third kappa shape index (κ3) is 3.47. The number of nitrogens with zero attached hydrogens (tertiary/aromatic N) is 1. The van der Waals surface area contributed by atoms with Gasteiger partial charge in [0.2, 0.25) is 10.0 Å². The van der Waals surface area contributed by atoms with Gasteiger partial charge in [-0.3, -0.25) is 0 Å². The van der Waals surface area contributed by atoms with Crippen molar-refractivity contribution in [3.63, 3.8) is 0 Å². The van der Waals surface area contributed by atoms with Crippen molar-refractivity contribution < 1.29 is 8.42 Å². The quantitative estimate of drug-likeness (QED) is 0.793. The Morgan fingerprint density at radius 3 is 1.83 bits per heavy atom. The normalized spacial score (nSPS) is 29.7. The Hall–Kier alpha value is -0.0900. The molecule has 4 heteroatoms. The van der Waals surface area contributed by atoms with Gasteiger partial charge >= 0.3 is 0 Å². The van der Waals surface area contributed by atoms with Gasteiger partial charge in [0.05, 0.1) is 6.26 Å². The maximum atomic E-state index is 12.0. The van der Waals surface area contributed by atoms with E-state index in [1.165, 1.54) is 6.26 Å². The fourth-order valence-corrected chi connectivity index (χ4v) is 4.64. The van der Waals surface area contributed by atoms with Gasteiger partial charge in [-0.25, -0.2) is 8.42 Å². The molecule has 0 saturated heterocycles.